The van der Waals surface area contributed by atoms with Crippen LogP contribution in [0.15, 0.2) is 48.5 Å². The van der Waals surface area contributed by atoms with E-state index in [-0.39, 0.29) is 28.3 Å². The molecule has 2 aromatic rings. The Kier molecular flexibility index (Phi) is 7.26. The van der Waals surface area contributed by atoms with E-state index in [1.165, 1.54) is 18.2 Å². The average Bonchev–Trinajstić information content (AvgIpc) is 2.70. The summed E-state index contributed by atoms with van der Waals surface area (Å²) in [6.07, 6.45) is 2.26. The standard InChI is InChI=1S/C20H23ClN4O5S/c1-31(29,30)23-15-9-11-24(12-10-15)19(14-5-3-2-4-6-14)20(26)22-16-7-8-17(21)18(13-16)25(27)28/h2-8,13,15,19,23H,9-12H2,1H3,(H,22,26). The van der Waals surface area contributed by atoms with E-state index in [2.05, 4.69) is 10.0 Å². The third-order valence-electron chi connectivity index (χ3n) is 5.05. The van der Waals surface area contributed by atoms with Crippen molar-refractivity contribution in [3.05, 3.63) is 69.2 Å². The van der Waals surface area contributed by atoms with Crippen molar-refractivity contribution in [2.45, 2.75) is 24.9 Å². The van der Waals surface area contributed by atoms with Crippen molar-refractivity contribution in [3.8, 4) is 0 Å². The molecule has 1 aliphatic rings. The number of hydrogen-bond donors (Lipinski definition) is 2. The average molecular weight is 467 g/mol. The van der Waals surface area contributed by atoms with Crippen LogP contribution in [0, 0.1) is 10.1 Å². The first-order valence-corrected chi connectivity index (χ1v) is 11.9. The van der Waals surface area contributed by atoms with Crippen molar-refractivity contribution in [2.75, 3.05) is 24.7 Å². The molecule has 166 valence electrons. The van der Waals surface area contributed by atoms with E-state index in [0.29, 0.717) is 25.9 Å². The molecule has 1 saturated heterocycles. The van der Waals surface area contributed by atoms with Gasteiger partial charge >= 0.3 is 0 Å². The number of nitrogens with one attached hydrogen (secondary N) is 2. The van der Waals surface area contributed by atoms with Crippen LogP contribution in [0.1, 0.15) is 24.4 Å². The lowest BCUT2D eigenvalue weighted by molar-refractivity contribution is -0.384. The zero-order chi connectivity index (χ0) is 22.6. The first-order chi connectivity index (χ1) is 14.6. The van der Waals surface area contributed by atoms with E-state index in [9.17, 15) is 23.3 Å². The maximum absolute atomic E-state index is 13.2. The van der Waals surface area contributed by atoms with Crippen molar-refractivity contribution < 1.29 is 18.1 Å². The number of carbonyl (C=O) groups is 1. The van der Waals surface area contributed by atoms with Gasteiger partial charge in [-0.1, -0.05) is 41.9 Å². The molecular formula is C20H23ClN4O5S. The summed E-state index contributed by atoms with van der Waals surface area (Å²) in [5.41, 5.74) is 0.761. The van der Waals surface area contributed by atoms with Gasteiger partial charge in [0.15, 0.2) is 0 Å². The largest absolute Gasteiger partial charge is 0.324 e. The smallest absolute Gasteiger partial charge is 0.289 e. The number of carbonyl (C=O) groups excluding carboxylic acids is 1. The first kappa shape index (κ1) is 23.1. The zero-order valence-electron chi connectivity index (χ0n) is 16.8. The molecule has 9 nitrogen and oxygen atoms in total. The number of anilines is 1. The molecule has 0 saturated carbocycles. The molecule has 1 fully saturated rings. The first-order valence-electron chi connectivity index (χ1n) is 9.65. The van der Waals surface area contributed by atoms with Crippen molar-refractivity contribution >= 4 is 38.9 Å². The van der Waals surface area contributed by atoms with Crippen molar-refractivity contribution in [2.24, 2.45) is 0 Å². The van der Waals surface area contributed by atoms with E-state index >= 15 is 0 Å². The summed E-state index contributed by atoms with van der Waals surface area (Å²) in [5, 5.41) is 13.9. The molecule has 0 bridgehead atoms. The fourth-order valence-corrected chi connectivity index (χ4v) is 4.71. The van der Waals surface area contributed by atoms with Crippen LogP contribution in [-0.4, -0.2) is 49.5 Å². The third kappa shape index (κ3) is 6.23. The Bertz CT molecular complexity index is 1060. The molecule has 0 spiro atoms. The van der Waals surface area contributed by atoms with Crippen LogP contribution in [0.25, 0.3) is 0 Å². The number of sulfonamides is 1. The van der Waals surface area contributed by atoms with Crippen LogP contribution in [-0.2, 0) is 14.8 Å². The number of benzene rings is 2. The van der Waals surface area contributed by atoms with Crippen molar-refractivity contribution in [1.29, 1.82) is 0 Å². The summed E-state index contributed by atoms with van der Waals surface area (Å²) in [4.78, 5) is 25.7. The molecule has 2 N–H and O–H groups in total. The SMILES string of the molecule is CS(=O)(=O)NC1CCN(C(C(=O)Nc2ccc(Cl)c([N+](=O)[O-])c2)c2ccccc2)CC1. The maximum atomic E-state index is 13.2. The highest BCUT2D eigenvalue weighted by molar-refractivity contribution is 7.88. The van der Waals surface area contributed by atoms with E-state index in [1.54, 1.807) is 0 Å². The van der Waals surface area contributed by atoms with Gasteiger partial charge in [0.05, 0.1) is 11.2 Å². The monoisotopic (exact) mass is 466 g/mol. The number of amides is 1. The van der Waals surface area contributed by atoms with Crippen LogP contribution >= 0.6 is 11.6 Å². The lowest BCUT2D eigenvalue weighted by Crippen LogP contribution is -2.47. The van der Waals surface area contributed by atoms with Crippen LogP contribution < -0.4 is 10.0 Å². The van der Waals surface area contributed by atoms with Crippen LogP contribution in [0.5, 0.6) is 0 Å². The number of hydrogen-bond acceptors (Lipinski definition) is 6. The molecule has 0 aromatic heterocycles. The van der Waals surface area contributed by atoms with Crippen LogP contribution in [0.2, 0.25) is 5.02 Å². The van der Waals surface area contributed by atoms with Gasteiger partial charge in [-0.05, 0) is 30.5 Å². The van der Waals surface area contributed by atoms with E-state index in [4.69, 9.17) is 11.6 Å². The van der Waals surface area contributed by atoms with E-state index < -0.39 is 21.0 Å². The minimum absolute atomic E-state index is 0.0111. The molecule has 1 atom stereocenters. The quantitative estimate of drug-likeness (QED) is 0.478. The lowest BCUT2D eigenvalue weighted by atomic mass is 9.99. The highest BCUT2D eigenvalue weighted by Crippen LogP contribution is 2.30. The molecule has 1 aliphatic heterocycles. The Labute approximate surface area is 185 Å². The minimum Gasteiger partial charge on any atom is -0.324 e. The maximum Gasteiger partial charge on any atom is 0.289 e. The fraction of sp³-hybridized carbons (Fsp3) is 0.350. The molecule has 1 heterocycles. The second kappa shape index (κ2) is 9.73. The Morgan fingerprint density at radius 2 is 1.84 bits per heavy atom. The Hall–Kier alpha value is -2.53. The van der Waals surface area contributed by atoms with E-state index in [0.717, 1.165) is 11.8 Å². The van der Waals surface area contributed by atoms with Crippen LogP contribution in [0.3, 0.4) is 0 Å². The normalized spacial score (nSPS) is 16.6. The number of nitrogens with zero attached hydrogens (tertiary/aromatic N) is 2. The van der Waals surface area contributed by atoms with Crippen molar-refractivity contribution in [3.63, 3.8) is 0 Å². The molecule has 31 heavy (non-hydrogen) atoms. The van der Waals surface area contributed by atoms with Gasteiger partial charge in [0.2, 0.25) is 15.9 Å². The predicted molar refractivity (Wildman–Crippen MR) is 118 cm³/mol. The van der Waals surface area contributed by atoms with Gasteiger partial charge in [-0.2, -0.15) is 0 Å². The summed E-state index contributed by atoms with van der Waals surface area (Å²) in [7, 11) is -3.30. The van der Waals surface area contributed by atoms with Gasteiger partial charge in [0.1, 0.15) is 11.1 Å². The van der Waals surface area contributed by atoms with Gasteiger partial charge < -0.3 is 5.32 Å². The van der Waals surface area contributed by atoms with Crippen molar-refractivity contribution in [1.82, 2.24) is 9.62 Å². The molecule has 1 unspecified atom stereocenters. The summed E-state index contributed by atoms with van der Waals surface area (Å²) in [5.74, 6) is -0.336. The Morgan fingerprint density at radius 3 is 2.42 bits per heavy atom. The van der Waals surface area contributed by atoms with Gasteiger partial charge in [-0.25, -0.2) is 13.1 Å². The summed E-state index contributed by atoms with van der Waals surface area (Å²) < 4.78 is 25.6. The minimum atomic E-state index is -3.30. The van der Waals surface area contributed by atoms with Gasteiger partial charge in [0.25, 0.3) is 5.69 Å². The molecule has 0 aliphatic carbocycles. The molecule has 2 aromatic carbocycles. The summed E-state index contributed by atoms with van der Waals surface area (Å²) in [6, 6.07) is 12.5. The number of halogens is 1. The second-order valence-corrected chi connectivity index (χ2v) is 9.61. The predicted octanol–water partition coefficient (Wildman–Crippen LogP) is 2.94. The third-order valence-corrected chi connectivity index (χ3v) is 6.13. The second-order valence-electron chi connectivity index (χ2n) is 7.43. The number of nitro groups is 1. The molecular weight excluding hydrogens is 444 g/mol. The zero-order valence-corrected chi connectivity index (χ0v) is 18.4. The topological polar surface area (TPSA) is 122 Å². The number of rotatable bonds is 7. The molecule has 0 radical (unpaired) electrons. The molecule has 3 rings (SSSR count). The van der Waals surface area contributed by atoms with Gasteiger partial charge in [0, 0.05) is 30.9 Å². The Morgan fingerprint density at radius 1 is 1.19 bits per heavy atom. The lowest BCUT2D eigenvalue weighted by Gasteiger charge is -2.37. The highest BCUT2D eigenvalue weighted by Gasteiger charge is 2.32. The van der Waals surface area contributed by atoms with E-state index in [1.807, 2.05) is 35.2 Å². The highest BCUT2D eigenvalue weighted by atomic mass is 35.5. The fourth-order valence-electron chi connectivity index (χ4n) is 3.68. The molecule has 11 heteroatoms. The van der Waals surface area contributed by atoms with Crippen LogP contribution in [0.4, 0.5) is 11.4 Å². The Balaban J connectivity index is 1.80. The number of nitro benzene ring substituents is 1. The van der Waals surface area contributed by atoms with Gasteiger partial charge in [-0.15, -0.1) is 0 Å². The summed E-state index contributed by atoms with van der Waals surface area (Å²) >= 11 is 5.86. The molecule has 1 amide bonds. The van der Waals surface area contributed by atoms with Gasteiger partial charge in [-0.3, -0.25) is 19.8 Å². The number of piperidine rings is 1. The summed E-state index contributed by atoms with van der Waals surface area (Å²) in [6.45, 7) is 1.03. The number of likely N-dealkylation sites (tertiary alicyclic amines) is 1.